The summed E-state index contributed by atoms with van der Waals surface area (Å²) in [5, 5.41) is 3.84. The average molecular weight is 351 g/mol. The van der Waals surface area contributed by atoms with E-state index in [9.17, 15) is 4.79 Å². The number of quaternary nitrogens is 1. The number of rotatable bonds is 10. The van der Waals surface area contributed by atoms with Crippen molar-refractivity contribution in [3.05, 3.63) is 24.4 Å². The van der Waals surface area contributed by atoms with E-state index in [0.717, 1.165) is 36.6 Å². The summed E-state index contributed by atoms with van der Waals surface area (Å²) in [6.45, 7) is 1.53. The highest BCUT2D eigenvalue weighted by Crippen LogP contribution is 2.28. The first-order chi connectivity index (χ1) is 9.74. The number of nitrogens with zero attached hydrogens (tertiary/aromatic N) is 1. The first kappa shape index (κ1) is 20.5. The molecule has 6 N–H and O–H groups in total. The summed E-state index contributed by atoms with van der Waals surface area (Å²) in [6.07, 6.45) is 4.49. The van der Waals surface area contributed by atoms with Crippen LogP contribution in [0.15, 0.2) is 29.4 Å². The van der Waals surface area contributed by atoms with Gasteiger partial charge in [-0.3, -0.25) is 4.79 Å². The van der Waals surface area contributed by atoms with E-state index in [1.807, 2.05) is 18.2 Å². The molecule has 1 amide bonds. The number of carbonyl (C=O) groups is 1. The topological polar surface area (TPSA) is 95.6 Å². The fraction of sp³-hybridized carbons (Fsp3) is 0.538. The van der Waals surface area contributed by atoms with Gasteiger partial charge in [0.25, 0.3) is 0 Å². The highest BCUT2D eigenvalue weighted by Gasteiger charge is 2.11. The molecule has 1 aromatic heterocycles. The first-order valence-corrected chi connectivity index (χ1v) is 9.09. The molecule has 1 aromatic rings. The van der Waals surface area contributed by atoms with Crippen LogP contribution in [-0.4, -0.2) is 35.8 Å². The molecule has 0 aliphatic rings. The summed E-state index contributed by atoms with van der Waals surface area (Å²) in [5.74, 6) is 0.774. The molecule has 0 aromatic carbocycles. The second-order valence-electron chi connectivity index (χ2n) is 4.32. The molecule has 1 rings (SSSR count). The molecule has 0 fully saturated rings. The van der Waals surface area contributed by atoms with Crippen LogP contribution in [0.1, 0.15) is 19.3 Å². The van der Waals surface area contributed by atoms with Crippen molar-refractivity contribution < 1.29 is 22.9 Å². The fourth-order valence-electron chi connectivity index (χ4n) is 1.52. The number of hydrogen-bond acceptors (Lipinski definition) is 5. The maximum atomic E-state index is 11.7. The van der Waals surface area contributed by atoms with Crippen LogP contribution in [0.3, 0.4) is 0 Å². The Morgan fingerprint density at radius 1 is 1.43 bits per heavy atom. The Labute approximate surface area is 140 Å². The van der Waals surface area contributed by atoms with Crippen LogP contribution in [0.2, 0.25) is 0 Å². The molecule has 0 bridgehead atoms. The van der Waals surface area contributed by atoms with Crippen LogP contribution in [0.25, 0.3) is 0 Å². The number of pyridine rings is 1. The van der Waals surface area contributed by atoms with Crippen LogP contribution in [0, 0.1) is 0 Å². The van der Waals surface area contributed by atoms with Gasteiger partial charge in [0.15, 0.2) is 0 Å². The van der Waals surface area contributed by atoms with Crippen LogP contribution in [0.4, 0.5) is 0 Å². The summed E-state index contributed by atoms with van der Waals surface area (Å²) in [7, 11) is 3.29. The number of aromatic nitrogens is 1. The third kappa shape index (κ3) is 9.97. The molecule has 0 spiro atoms. The molecule has 120 valence electrons. The minimum absolute atomic E-state index is 0. The van der Waals surface area contributed by atoms with E-state index >= 15 is 0 Å². The summed E-state index contributed by atoms with van der Waals surface area (Å²) in [5.41, 5.74) is 9.58. The van der Waals surface area contributed by atoms with Crippen molar-refractivity contribution in [1.82, 2.24) is 10.3 Å². The second kappa shape index (κ2) is 13.2. The molecular formula is C13H23ClN4OS2. The zero-order valence-electron chi connectivity index (χ0n) is 12.0. The summed E-state index contributed by atoms with van der Waals surface area (Å²) in [4.78, 5) is 15.9. The average Bonchev–Trinajstić information content (AvgIpc) is 2.48. The van der Waals surface area contributed by atoms with Crippen molar-refractivity contribution >= 4 is 27.5 Å². The standard InChI is InChI=1S/C13H22N4OS2.ClH/c14-7-3-1-5-11(15)13(18)17-9-10-19-20-12-6-2-4-8-16-12;/h2,4,6,8,11H,1,3,5,7,9-10,14-15H2,(H,17,18);1H. The quantitative estimate of drug-likeness (QED) is 0.325. The lowest BCUT2D eigenvalue weighted by Gasteiger charge is -2.11. The van der Waals surface area contributed by atoms with Gasteiger partial charge in [0.1, 0.15) is 5.03 Å². The Kier molecular flexibility index (Phi) is 12.9. The van der Waals surface area contributed by atoms with Crippen molar-refractivity contribution in [3.8, 4) is 0 Å². The molecule has 0 aliphatic carbocycles. The van der Waals surface area contributed by atoms with E-state index < -0.39 is 6.04 Å². The van der Waals surface area contributed by atoms with Gasteiger partial charge in [0, 0.05) is 18.5 Å². The Bertz CT molecular complexity index is 384. The van der Waals surface area contributed by atoms with Gasteiger partial charge in [0.2, 0.25) is 5.91 Å². The third-order valence-electron chi connectivity index (χ3n) is 2.62. The number of unbranched alkanes of at least 4 members (excludes halogenated alkanes) is 1. The summed E-state index contributed by atoms with van der Waals surface area (Å²) < 4.78 is 0. The molecule has 0 radical (unpaired) electrons. The van der Waals surface area contributed by atoms with Crippen molar-refractivity contribution in [2.75, 3.05) is 18.8 Å². The van der Waals surface area contributed by atoms with Crippen molar-refractivity contribution in [1.29, 1.82) is 0 Å². The zero-order chi connectivity index (χ0) is 14.6. The van der Waals surface area contributed by atoms with Gasteiger partial charge < -0.3 is 29.2 Å². The predicted molar refractivity (Wildman–Crippen MR) is 85.1 cm³/mol. The number of hydrogen-bond donors (Lipinski definition) is 3. The van der Waals surface area contributed by atoms with Crippen molar-refractivity contribution in [2.45, 2.75) is 30.3 Å². The predicted octanol–water partition coefficient (Wildman–Crippen LogP) is -2.32. The van der Waals surface area contributed by atoms with Gasteiger partial charge in [-0.05, 0) is 42.2 Å². The van der Waals surface area contributed by atoms with Gasteiger partial charge in [0.05, 0.1) is 12.6 Å². The molecule has 0 saturated heterocycles. The molecule has 0 aliphatic heterocycles. The number of carbonyl (C=O) groups excluding carboxylic acids is 1. The van der Waals surface area contributed by atoms with Crippen LogP contribution < -0.4 is 29.2 Å². The van der Waals surface area contributed by atoms with E-state index in [4.69, 9.17) is 5.73 Å². The normalized spacial score (nSPS) is 11.5. The zero-order valence-corrected chi connectivity index (χ0v) is 14.4. The molecule has 1 unspecified atom stereocenters. The highest BCUT2D eigenvalue weighted by atomic mass is 35.5. The molecule has 21 heavy (non-hydrogen) atoms. The number of halogens is 1. The van der Waals surface area contributed by atoms with Crippen LogP contribution in [-0.2, 0) is 4.79 Å². The smallest absolute Gasteiger partial charge is 0.236 e. The van der Waals surface area contributed by atoms with Gasteiger partial charge in [-0.15, -0.1) is 0 Å². The minimum Gasteiger partial charge on any atom is -1.00 e. The summed E-state index contributed by atoms with van der Waals surface area (Å²) in [6, 6.07) is 5.43. The molecule has 1 heterocycles. The molecule has 0 saturated carbocycles. The van der Waals surface area contributed by atoms with E-state index in [1.165, 1.54) is 0 Å². The van der Waals surface area contributed by atoms with Gasteiger partial charge >= 0.3 is 0 Å². The highest BCUT2D eigenvalue weighted by molar-refractivity contribution is 8.76. The Morgan fingerprint density at radius 3 is 2.90 bits per heavy atom. The number of nitrogens with two attached hydrogens (primary N) is 1. The second-order valence-corrected chi connectivity index (χ2v) is 6.76. The molecule has 1 atom stereocenters. The molecule has 8 heteroatoms. The molecule has 5 nitrogen and oxygen atoms in total. The lowest BCUT2D eigenvalue weighted by molar-refractivity contribution is -0.368. The molecular weight excluding hydrogens is 328 g/mol. The van der Waals surface area contributed by atoms with E-state index in [2.05, 4.69) is 16.0 Å². The Morgan fingerprint density at radius 2 is 2.24 bits per heavy atom. The number of amides is 1. The van der Waals surface area contributed by atoms with Crippen molar-refractivity contribution in [2.24, 2.45) is 5.73 Å². The van der Waals surface area contributed by atoms with E-state index in [1.54, 1.807) is 27.8 Å². The lowest BCUT2D eigenvalue weighted by atomic mass is 10.1. The maximum absolute atomic E-state index is 11.7. The third-order valence-corrected chi connectivity index (χ3v) is 4.89. The van der Waals surface area contributed by atoms with Gasteiger partial charge in [-0.1, -0.05) is 16.9 Å². The Balaban J connectivity index is 0.00000400. The lowest BCUT2D eigenvalue weighted by Crippen LogP contribution is -3.00. The Hall–Kier alpha value is -0.470. The van der Waals surface area contributed by atoms with E-state index in [-0.39, 0.29) is 18.3 Å². The minimum atomic E-state index is -0.394. The van der Waals surface area contributed by atoms with Crippen LogP contribution >= 0.6 is 21.6 Å². The fourth-order valence-corrected chi connectivity index (χ4v) is 3.30. The number of nitrogens with one attached hydrogen (secondary N) is 1. The van der Waals surface area contributed by atoms with E-state index in [0.29, 0.717) is 6.54 Å². The monoisotopic (exact) mass is 350 g/mol. The maximum Gasteiger partial charge on any atom is 0.236 e. The largest absolute Gasteiger partial charge is 1.00 e. The summed E-state index contributed by atoms with van der Waals surface area (Å²) >= 11 is 0. The van der Waals surface area contributed by atoms with Crippen molar-refractivity contribution in [3.63, 3.8) is 0 Å². The van der Waals surface area contributed by atoms with Gasteiger partial charge in [-0.25, -0.2) is 4.98 Å². The van der Waals surface area contributed by atoms with Gasteiger partial charge in [-0.2, -0.15) is 0 Å². The first-order valence-electron chi connectivity index (χ1n) is 6.77. The van der Waals surface area contributed by atoms with Crippen LogP contribution in [0.5, 0.6) is 0 Å². The SMILES string of the molecule is NC(CCCC[NH3+])C(=O)NCCSSc1ccccn1.[Cl-].